The first-order chi connectivity index (χ1) is 59.4. The maximum absolute atomic E-state index is 13.5. The maximum atomic E-state index is 13.5. The zero-order valence-electron chi connectivity index (χ0n) is 72.0. The average molecular weight is 1890 g/mol. The summed E-state index contributed by atoms with van der Waals surface area (Å²) >= 11 is 18.7. The topological polar surface area (TPSA) is 353 Å². The summed E-state index contributed by atoms with van der Waals surface area (Å²) in [7, 11) is 5.07. The van der Waals surface area contributed by atoms with Gasteiger partial charge in [-0.15, -0.1) is 0 Å². The van der Waals surface area contributed by atoms with Crippen molar-refractivity contribution in [1.29, 1.82) is 0 Å². The van der Waals surface area contributed by atoms with Gasteiger partial charge in [-0.1, -0.05) is 104 Å². The number of benzene rings is 6. The van der Waals surface area contributed by atoms with Crippen LogP contribution in [0.2, 0.25) is 15.1 Å². The summed E-state index contributed by atoms with van der Waals surface area (Å²) in [5, 5.41) is 6.50. The van der Waals surface area contributed by atoms with E-state index in [-0.39, 0.29) is 47.2 Å². The van der Waals surface area contributed by atoms with E-state index in [4.69, 9.17) is 74.8 Å². The van der Waals surface area contributed by atoms with E-state index >= 15 is 0 Å². The zero-order chi connectivity index (χ0) is 90.8. The number of nitrogens with one attached hydrogen (secondary N) is 2. The summed E-state index contributed by atoms with van der Waals surface area (Å²) in [5.74, 6) is 2.00. The van der Waals surface area contributed by atoms with Crippen LogP contribution in [0.1, 0.15) is 122 Å². The number of nitrogen functional groups attached to an aromatic ring is 1. The minimum atomic E-state index is -3.93. The molecule has 0 spiro atoms. The van der Waals surface area contributed by atoms with Crippen LogP contribution in [0, 0.1) is 12.2 Å². The molecule has 1 unspecified atom stereocenters. The zero-order valence-corrected chi connectivity index (χ0v) is 78.3. The van der Waals surface area contributed by atoms with Gasteiger partial charge >= 0.3 is 19.3 Å². The lowest BCUT2D eigenvalue weighted by molar-refractivity contribution is 0.00578. The molecule has 0 radical (unpaired) electrons. The Balaban J connectivity index is 0.000000171. The van der Waals surface area contributed by atoms with Crippen molar-refractivity contribution in [2.45, 2.75) is 175 Å². The van der Waals surface area contributed by atoms with Crippen molar-refractivity contribution in [2.24, 2.45) is 5.73 Å². The Kier molecular flexibility index (Phi) is 34.4. The highest BCUT2D eigenvalue weighted by atomic mass is 79.9. The molecule has 12 aromatic rings. The van der Waals surface area contributed by atoms with E-state index < -0.39 is 61.4 Å². The molecule has 125 heavy (non-hydrogen) atoms. The molecule has 1 saturated heterocycles. The quantitative estimate of drug-likeness (QED) is 0.0313. The fourth-order valence-electron chi connectivity index (χ4n) is 14.3. The molecule has 1 aliphatic heterocycles. The van der Waals surface area contributed by atoms with Crippen LogP contribution in [0.3, 0.4) is 0 Å². The van der Waals surface area contributed by atoms with Crippen molar-refractivity contribution in [3.05, 3.63) is 218 Å². The first-order valence-electron chi connectivity index (χ1n) is 40.4. The van der Waals surface area contributed by atoms with E-state index in [9.17, 15) is 34.4 Å². The molecule has 6 N–H and O–H groups in total. The van der Waals surface area contributed by atoms with Crippen LogP contribution in [-0.2, 0) is 65.3 Å². The molecule has 3 aliphatic rings. The van der Waals surface area contributed by atoms with E-state index in [1.165, 1.54) is 88.7 Å². The van der Waals surface area contributed by atoms with Gasteiger partial charge in [0.2, 0.25) is 23.6 Å². The Morgan fingerprint density at radius 3 is 1.52 bits per heavy atom. The molecule has 1 atom stereocenters. The van der Waals surface area contributed by atoms with Gasteiger partial charge < -0.3 is 54.7 Å². The predicted molar refractivity (Wildman–Crippen MR) is 495 cm³/mol. The third kappa shape index (κ3) is 25.6. The molecule has 15 rings (SSSR count). The summed E-state index contributed by atoms with van der Waals surface area (Å²) in [5.41, 5.74) is 19.7. The number of aromatic nitrogens is 9. The number of hydrogen-bond acceptors (Lipinski definition) is 25. The Hall–Kier alpha value is -9.33. The van der Waals surface area contributed by atoms with Gasteiger partial charge in [-0.3, -0.25) is 8.93 Å². The van der Waals surface area contributed by atoms with E-state index in [1.54, 1.807) is 79.9 Å². The van der Waals surface area contributed by atoms with Crippen LogP contribution < -0.4 is 41.2 Å². The van der Waals surface area contributed by atoms with Gasteiger partial charge in [0.15, 0.2) is 9.84 Å². The lowest BCUT2D eigenvalue weighted by atomic mass is 9.77. The van der Waals surface area contributed by atoms with Crippen molar-refractivity contribution >= 4 is 145 Å². The smallest absolute Gasteiger partial charge is 0.494 e. The minimum absolute atomic E-state index is 0.0243. The monoisotopic (exact) mass is 1890 g/mol. The number of hydrogen-bond donors (Lipinski definition) is 4. The molecule has 2 saturated carbocycles. The van der Waals surface area contributed by atoms with Crippen molar-refractivity contribution in [3.8, 4) is 39.9 Å². The predicted octanol–water partition coefficient (Wildman–Crippen LogP) is 17.5. The lowest BCUT2D eigenvalue weighted by Gasteiger charge is -2.32. The van der Waals surface area contributed by atoms with Crippen LogP contribution in [-0.4, -0.2) is 172 Å². The molecule has 7 heterocycles. The number of halogens is 6. The molecule has 36 heteroatoms. The lowest BCUT2D eigenvalue weighted by Crippen LogP contribution is -2.41. The molecule has 0 bridgehead atoms. The van der Waals surface area contributed by atoms with Gasteiger partial charge in [0.25, 0.3) is 10.0 Å². The van der Waals surface area contributed by atoms with Gasteiger partial charge in [0.1, 0.15) is 16.5 Å². The van der Waals surface area contributed by atoms with E-state index in [0.717, 1.165) is 104 Å². The summed E-state index contributed by atoms with van der Waals surface area (Å²) in [6, 6.07) is 43.1. The van der Waals surface area contributed by atoms with E-state index in [2.05, 4.69) is 117 Å². The number of sulfonamides is 1. The third-order valence-corrected chi connectivity index (χ3v) is 27.6. The fourth-order valence-corrected chi connectivity index (χ4v) is 18.8. The van der Waals surface area contributed by atoms with Crippen LogP contribution in [0.15, 0.2) is 183 Å². The normalized spacial score (nSPS) is 16.8. The maximum Gasteiger partial charge on any atom is 0.494 e. The molecule has 664 valence electrons. The number of rotatable bonds is 20. The summed E-state index contributed by atoms with van der Waals surface area (Å²) < 4.78 is 130. The molecular weight excluding hydrogens is 1790 g/mol. The Labute approximate surface area is 755 Å². The second kappa shape index (κ2) is 43.9. The first kappa shape index (κ1) is 97.9. The molecule has 2 aliphatic carbocycles. The molecule has 3 fully saturated rings. The second-order valence-electron chi connectivity index (χ2n) is 31.3. The molecule has 6 aromatic heterocycles. The molecular formula is C89H103BBrCl3F2N15O11S3-. The van der Waals surface area contributed by atoms with Crippen molar-refractivity contribution in [3.63, 3.8) is 0 Å². The van der Waals surface area contributed by atoms with Gasteiger partial charge in [0, 0.05) is 74.9 Å². The molecule has 6 aromatic carbocycles. The first-order valence-corrected chi connectivity index (χ1v) is 46.6. The molecule has 0 amide bonds. The number of fused-ring (bicyclic) bond motifs is 3. The van der Waals surface area contributed by atoms with Gasteiger partial charge in [0.05, 0.1) is 85.0 Å². The van der Waals surface area contributed by atoms with Crippen molar-refractivity contribution < 1.29 is 57.9 Å². The number of pyridine rings is 3. The number of anilines is 3. The highest BCUT2D eigenvalue weighted by molar-refractivity contribution is 9.10. The third-order valence-electron chi connectivity index (χ3n) is 21.9. The SMILES string of the molecule is CCc1cc(-c2ccc(CS(=O)(=O)c3ccccc3Cl)nc2OC)cc2cnc(F)nc12.CCc1cc(-c2ccc(NS(=O)(=O)c3ccccc3Cl)nc2OC)cc2cnc(NC3CCC(N(C)C)CC3)nc12.CCc1cc(B2OC(C)(C)C(C)(C)O2)cc2cnc(F)nc12.CN(C)C1CCC(N)CC1.COc1nc(N)ccc1Br.O=S([O-])c1ccccc1Cl. The minimum Gasteiger partial charge on any atom is -0.768 e. The van der Waals surface area contributed by atoms with Gasteiger partial charge in [-0.25, -0.2) is 51.7 Å². The van der Waals surface area contributed by atoms with Gasteiger partial charge in [-0.05, 0) is 284 Å². The van der Waals surface area contributed by atoms with E-state index in [0.29, 0.717) is 75.7 Å². The number of sulfone groups is 1. The van der Waals surface area contributed by atoms with Crippen molar-refractivity contribution in [1.82, 2.24) is 54.7 Å². The Morgan fingerprint density at radius 1 is 0.568 bits per heavy atom. The Morgan fingerprint density at radius 2 is 1.03 bits per heavy atom. The van der Waals surface area contributed by atoms with Crippen molar-refractivity contribution in [2.75, 3.05) is 65.3 Å². The van der Waals surface area contributed by atoms with Crippen LogP contribution in [0.4, 0.5) is 26.4 Å². The number of nitrogens with zero attached hydrogens (tertiary/aromatic N) is 11. The van der Waals surface area contributed by atoms with Gasteiger partial charge in [-0.2, -0.15) is 18.7 Å². The average Bonchev–Trinajstić information content (AvgIpc) is 1.24. The number of methoxy groups -OCH3 is 3. The summed E-state index contributed by atoms with van der Waals surface area (Å²) in [4.78, 5) is 42.2. The van der Waals surface area contributed by atoms with Crippen LogP contribution in [0.25, 0.3) is 55.0 Å². The number of ether oxygens (including phenoxy) is 3. The standard InChI is InChI=1S/C30H35ClN6O3S.C23H19ClFN3O3S.C16H20BFN2O2.C8H18N2.C6H7BrN2O.C6H5ClO2S/c1-5-19-16-20(17-21-18-32-30(35-28(19)21)33-22-10-12-23(13-11-22)37(2)3)24-14-15-27(34-29(24)40-4)36-41(38,39)26-9-7-6-8-25(26)31;1-3-14-10-15(11-16-12-26-23(25)28-21(14)16)18-9-8-17(27-22(18)31-2)13-32(29,30)20-7-5-4-6-19(20)24;1-6-10-7-12(8-11-9-19-14(18)20-13(10)11)17-21-15(2,3)16(4,5)22-17;1-10(2)8-5-3-7(9)4-6-8;1-10-6-4(7)2-3-5(8)9-6;7-5-3-1-2-4-6(5)10(8)9/h6-9,14-18,22-23H,5,10-13H2,1-4H3,(H,34,36)(H,32,33,35);4-12H,3,13H2,1-2H3;7-9H,6H2,1-5H3;7-8H,3-6,9H2,1-2H3;2-3H,1H3,(H2,8,9);1-4H,(H,8,9)/p-1. The summed E-state index contributed by atoms with van der Waals surface area (Å²) in [6.45, 7) is 14.2. The number of aryl methyl sites for hydroxylation is 3. The van der Waals surface area contributed by atoms with Crippen LogP contribution in [0.5, 0.6) is 17.6 Å². The highest BCUT2D eigenvalue weighted by Gasteiger charge is 2.52. The largest absolute Gasteiger partial charge is 0.768 e. The molecule has 26 nitrogen and oxygen atoms in total. The summed E-state index contributed by atoms with van der Waals surface area (Å²) in [6.07, 6.45) is 15.0. The Bertz CT molecular complexity index is 6020. The fraction of sp³-hybridized carbons (Fsp3) is 0.360. The highest BCUT2D eigenvalue weighted by Crippen LogP contribution is 2.40. The second-order valence-corrected chi connectivity index (χ2v) is 37.9. The van der Waals surface area contributed by atoms with Crippen LogP contribution >= 0.6 is 50.7 Å². The van der Waals surface area contributed by atoms with E-state index in [1.807, 2.05) is 78.1 Å². The number of nitrogens with two attached hydrogens (primary N) is 2.